The fraction of sp³-hybridized carbons (Fsp3) is 0.415. The third kappa shape index (κ3) is 9.53. The number of aliphatic carboxylic acids is 1. The predicted molar refractivity (Wildman–Crippen MR) is 207 cm³/mol. The van der Waals surface area contributed by atoms with Crippen LogP contribution in [0.5, 0.6) is 0 Å². The second-order valence-electron chi connectivity index (χ2n) is 15.0. The summed E-state index contributed by atoms with van der Waals surface area (Å²) in [6.45, 7) is 4.24. The van der Waals surface area contributed by atoms with Crippen LogP contribution in [0.4, 0.5) is 23.2 Å². The molecule has 3 aromatic carbocycles. The van der Waals surface area contributed by atoms with E-state index in [-0.39, 0.29) is 41.4 Å². The molecule has 0 radical (unpaired) electrons. The number of halogens is 4. The molecule has 17 heteroatoms. The van der Waals surface area contributed by atoms with Gasteiger partial charge in [0.05, 0.1) is 0 Å². The number of nitrogens with zero attached hydrogens (tertiary/aromatic N) is 2. The maximum Gasteiger partial charge on any atom is 0.411 e. The summed E-state index contributed by atoms with van der Waals surface area (Å²) in [7, 11) is 0. The zero-order valence-corrected chi connectivity index (χ0v) is 31.8. The topological polar surface area (TPSA) is 204 Å². The molecule has 1 saturated heterocycles. The predicted octanol–water partition coefficient (Wildman–Crippen LogP) is 5.17. The van der Waals surface area contributed by atoms with E-state index in [4.69, 9.17) is 10.8 Å². The highest BCUT2D eigenvalue weighted by atomic mass is 19.3. The molecule has 1 saturated carbocycles. The number of rotatable bonds is 14. The minimum absolute atomic E-state index is 0.105. The van der Waals surface area contributed by atoms with E-state index >= 15 is 0 Å². The van der Waals surface area contributed by atoms with Gasteiger partial charge in [-0.25, -0.2) is 9.78 Å². The van der Waals surface area contributed by atoms with Crippen LogP contribution in [0.25, 0.3) is 22.5 Å². The summed E-state index contributed by atoms with van der Waals surface area (Å²) in [6.07, 6.45) is 4.86. The molecule has 58 heavy (non-hydrogen) atoms. The summed E-state index contributed by atoms with van der Waals surface area (Å²) in [5.41, 5.74) is 10.4. The van der Waals surface area contributed by atoms with Crippen molar-refractivity contribution in [3.8, 4) is 22.5 Å². The number of carbonyl (C=O) groups is 4. The van der Waals surface area contributed by atoms with Crippen LogP contribution in [-0.2, 0) is 26.7 Å². The molecule has 3 amide bonds. The summed E-state index contributed by atoms with van der Waals surface area (Å²) in [6, 6.07) is 17.9. The van der Waals surface area contributed by atoms with Gasteiger partial charge in [0.1, 0.15) is 6.04 Å². The Morgan fingerprint density at radius 3 is 2.17 bits per heavy atom. The largest absolute Gasteiger partial charge is 0.477 e. The molecular weight excluding hydrogens is 760 g/mol. The molecule has 1 atom stereocenters. The van der Waals surface area contributed by atoms with Crippen LogP contribution >= 0.6 is 0 Å². The van der Waals surface area contributed by atoms with Gasteiger partial charge < -0.3 is 32.1 Å². The van der Waals surface area contributed by atoms with E-state index in [9.17, 15) is 36.7 Å². The van der Waals surface area contributed by atoms with Gasteiger partial charge in [0, 0.05) is 35.2 Å². The number of aromatic nitrogens is 3. The molecule has 0 bridgehead atoms. The number of benzene rings is 3. The molecule has 0 spiro atoms. The average Bonchev–Trinajstić information content (AvgIpc) is 3.73. The Hall–Kier alpha value is -5.68. The number of amides is 3. The Kier molecular flexibility index (Phi) is 12.9. The fourth-order valence-corrected chi connectivity index (χ4v) is 7.33. The summed E-state index contributed by atoms with van der Waals surface area (Å²) in [5, 5.41) is 25.9. The van der Waals surface area contributed by atoms with Gasteiger partial charge in [-0.1, -0.05) is 30.3 Å². The van der Waals surface area contributed by atoms with Crippen molar-refractivity contribution in [2.24, 2.45) is 17.6 Å². The quantitative estimate of drug-likeness (QED) is 0.0839. The van der Waals surface area contributed by atoms with Crippen molar-refractivity contribution in [1.29, 1.82) is 0 Å². The van der Waals surface area contributed by atoms with Crippen LogP contribution < -0.4 is 27.0 Å². The first-order chi connectivity index (χ1) is 27.7. The van der Waals surface area contributed by atoms with Crippen molar-refractivity contribution < 1.29 is 41.8 Å². The maximum absolute atomic E-state index is 14.2. The maximum atomic E-state index is 14.2. The SMILES string of the molecule is Cc1cc(C(=O)NC2CCNCC2)ccc1-c1ccc(C[C@H](NC(=O)C2CCC(CN)CC2)C(=O)Nc2ccc(-c3n[nH]c(C(F)(F)C(F)(F)C(=O)O)n3)cc2)cc1. The van der Waals surface area contributed by atoms with E-state index < -0.39 is 41.4 Å². The van der Waals surface area contributed by atoms with Gasteiger partial charge in [-0.05, 0) is 130 Å². The van der Waals surface area contributed by atoms with Crippen LogP contribution in [0, 0.1) is 18.8 Å². The first kappa shape index (κ1) is 41.9. The molecule has 8 N–H and O–H groups in total. The molecule has 1 aromatic heterocycles. The number of aryl methyl sites for hydroxylation is 1. The summed E-state index contributed by atoms with van der Waals surface area (Å²) < 4.78 is 55.9. The first-order valence-electron chi connectivity index (χ1n) is 19.2. The van der Waals surface area contributed by atoms with Gasteiger partial charge in [-0.2, -0.15) is 22.7 Å². The van der Waals surface area contributed by atoms with Gasteiger partial charge in [0.15, 0.2) is 5.82 Å². The number of hydrogen-bond donors (Lipinski definition) is 7. The molecule has 2 fully saturated rings. The molecule has 308 valence electrons. The third-order valence-corrected chi connectivity index (χ3v) is 10.9. The molecule has 0 unspecified atom stereocenters. The van der Waals surface area contributed by atoms with E-state index in [0.717, 1.165) is 61.0 Å². The number of anilines is 1. The molecule has 1 aliphatic carbocycles. The molecule has 4 aromatic rings. The highest BCUT2D eigenvalue weighted by Crippen LogP contribution is 2.42. The summed E-state index contributed by atoms with van der Waals surface area (Å²) in [5.74, 6) is -16.5. The van der Waals surface area contributed by atoms with Gasteiger partial charge in [0.2, 0.25) is 17.6 Å². The van der Waals surface area contributed by atoms with Crippen LogP contribution in [0.1, 0.15) is 65.8 Å². The van der Waals surface area contributed by atoms with Crippen molar-refractivity contribution in [3.05, 3.63) is 89.2 Å². The third-order valence-electron chi connectivity index (χ3n) is 10.9. The number of carbonyl (C=O) groups excluding carboxylic acids is 3. The minimum atomic E-state index is -5.44. The lowest BCUT2D eigenvalue weighted by atomic mass is 9.81. The minimum Gasteiger partial charge on any atom is -0.477 e. The lowest BCUT2D eigenvalue weighted by Gasteiger charge is -2.28. The number of carboxylic acid groups (broad SMARTS) is 1. The Bertz CT molecular complexity index is 2100. The Labute approximate surface area is 332 Å². The fourth-order valence-electron chi connectivity index (χ4n) is 7.33. The van der Waals surface area contributed by atoms with Gasteiger partial charge in [-0.3, -0.25) is 19.5 Å². The lowest BCUT2D eigenvalue weighted by molar-refractivity contribution is -0.231. The number of piperidine rings is 1. The number of nitrogens with two attached hydrogens (primary N) is 1. The van der Waals surface area contributed by atoms with Crippen molar-refractivity contribution in [1.82, 2.24) is 31.1 Å². The average molecular weight is 807 g/mol. The first-order valence-corrected chi connectivity index (χ1v) is 19.2. The molecular formula is C41H46F4N8O5. The second kappa shape index (κ2) is 17.9. The van der Waals surface area contributed by atoms with Crippen molar-refractivity contribution in [2.75, 3.05) is 25.0 Å². The number of nitrogens with one attached hydrogen (secondary N) is 5. The Morgan fingerprint density at radius 1 is 0.897 bits per heavy atom. The highest BCUT2D eigenvalue weighted by Gasteiger charge is 2.65. The standard InChI is InChI=1S/C41H46F4N8O5/c1-23-20-29(36(55)48-31-16-18-47-19-17-31)12-15-32(23)26-6-2-24(3-7-26)21-33(50-35(54)28-8-4-25(22-46)5-9-28)37(56)49-30-13-10-27(11-14-30)34-51-38(53-52-34)40(42,43)41(44,45)39(57)58/h2-3,6-7,10-15,20,25,28,31,33,47H,4-5,8-9,16-19,21-22,46H2,1H3,(H,48,55)(H,49,56)(H,50,54)(H,57,58)(H,51,52,53)/t25?,28?,33-/m0/s1. The Morgan fingerprint density at radius 2 is 1.55 bits per heavy atom. The van der Waals surface area contributed by atoms with Crippen LogP contribution in [-0.4, -0.2) is 81.6 Å². The van der Waals surface area contributed by atoms with E-state index in [1.54, 1.807) is 11.2 Å². The number of hydrogen-bond acceptors (Lipinski definition) is 8. The zero-order chi connectivity index (χ0) is 41.6. The van der Waals surface area contributed by atoms with E-state index in [1.165, 1.54) is 24.3 Å². The number of H-pyrrole nitrogens is 1. The number of carboxylic acids is 1. The molecule has 13 nitrogen and oxygen atoms in total. The van der Waals surface area contributed by atoms with E-state index in [0.29, 0.717) is 30.9 Å². The van der Waals surface area contributed by atoms with Crippen LogP contribution in [0.2, 0.25) is 0 Å². The summed E-state index contributed by atoms with van der Waals surface area (Å²) in [4.78, 5) is 54.3. The second-order valence-corrected chi connectivity index (χ2v) is 15.0. The van der Waals surface area contributed by atoms with Crippen molar-refractivity contribution >= 4 is 29.4 Å². The highest BCUT2D eigenvalue weighted by molar-refractivity contribution is 5.98. The number of alkyl halides is 4. The van der Waals surface area contributed by atoms with Crippen LogP contribution in [0.3, 0.4) is 0 Å². The van der Waals surface area contributed by atoms with E-state index in [2.05, 4.69) is 31.3 Å². The normalized spacial score (nSPS) is 18.2. The van der Waals surface area contributed by atoms with Gasteiger partial charge in [0.25, 0.3) is 5.91 Å². The molecule has 6 rings (SSSR count). The van der Waals surface area contributed by atoms with Gasteiger partial charge in [-0.15, -0.1) is 0 Å². The van der Waals surface area contributed by atoms with Crippen molar-refractivity contribution in [3.63, 3.8) is 0 Å². The monoisotopic (exact) mass is 806 g/mol. The van der Waals surface area contributed by atoms with Crippen LogP contribution in [0.15, 0.2) is 66.7 Å². The zero-order valence-electron chi connectivity index (χ0n) is 31.8. The Balaban J connectivity index is 1.15. The molecule has 1 aliphatic heterocycles. The van der Waals surface area contributed by atoms with Crippen molar-refractivity contribution in [2.45, 2.75) is 75.8 Å². The molecule has 2 aliphatic rings. The van der Waals surface area contributed by atoms with E-state index in [1.807, 2.05) is 43.3 Å². The lowest BCUT2D eigenvalue weighted by Crippen LogP contribution is -2.48. The number of aromatic amines is 1. The smallest absolute Gasteiger partial charge is 0.411 e. The van der Waals surface area contributed by atoms with Gasteiger partial charge >= 0.3 is 17.8 Å². The molecule has 2 heterocycles. The summed E-state index contributed by atoms with van der Waals surface area (Å²) >= 11 is 0.